The van der Waals surface area contributed by atoms with E-state index < -0.39 is 24.5 Å². The van der Waals surface area contributed by atoms with E-state index in [9.17, 15) is 14.4 Å². The fourth-order valence-corrected chi connectivity index (χ4v) is 2.32. The maximum Gasteiger partial charge on any atom is 0.344 e. The Morgan fingerprint density at radius 1 is 0.931 bits per heavy atom. The zero-order chi connectivity index (χ0) is 21.2. The zero-order valence-electron chi connectivity index (χ0n) is 16.5. The summed E-state index contributed by atoms with van der Waals surface area (Å²) in [6, 6.07) is 11.6. The molecule has 0 saturated carbocycles. The molecule has 2 rings (SSSR count). The number of esters is 2. The van der Waals surface area contributed by atoms with Crippen LogP contribution in [0.1, 0.15) is 22.8 Å². The van der Waals surface area contributed by atoms with Crippen molar-refractivity contribution in [1.82, 2.24) is 0 Å². The van der Waals surface area contributed by atoms with Gasteiger partial charge < -0.3 is 24.3 Å². The number of ether oxygens (including phenoxy) is 4. The fourth-order valence-electron chi connectivity index (χ4n) is 2.32. The van der Waals surface area contributed by atoms with Gasteiger partial charge in [-0.15, -0.1) is 0 Å². The molecule has 0 atom stereocenters. The van der Waals surface area contributed by atoms with Gasteiger partial charge in [0.1, 0.15) is 11.5 Å². The molecule has 0 saturated heterocycles. The molecule has 0 aliphatic carbocycles. The largest absolute Gasteiger partial charge is 0.494 e. The number of amides is 1. The van der Waals surface area contributed by atoms with Crippen LogP contribution in [0.3, 0.4) is 0 Å². The number of hydrogen-bond donors (Lipinski definition) is 1. The van der Waals surface area contributed by atoms with Crippen LogP contribution in [-0.4, -0.2) is 44.8 Å². The first-order chi connectivity index (χ1) is 13.9. The van der Waals surface area contributed by atoms with Crippen LogP contribution in [0.2, 0.25) is 0 Å². The van der Waals surface area contributed by atoms with Crippen molar-refractivity contribution in [2.45, 2.75) is 13.8 Å². The Morgan fingerprint density at radius 2 is 1.59 bits per heavy atom. The monoisotopic (exact) mass is 401 g/mol. The van der Waals surface area contributed by atoms with Crippen molar-refractivity contribution >= 4 is 23.5 Å². The molecule has 0 unspecified atom stereocenters. The Morgan fingerprint density at radius 3 is 2.21 bits per heavy atom. The van der Waals surface area contributed by atoms with Gasteiger partial charge in [-0.05, 0) is 55.8 Å². The number of hydrogen-bond acceptors (Lipinski definition) is 7. The molecule has 8 nitrogen and oxygen atoms in total. The van der Waals surface area contributed by atoms with Crippen molar-refractivity contribution in [2.75, 3.05) is 32.2 Å². The summed E-state index contributed by atoms with van der Waals surface area (Å²) < 4.78 is 20.2. The van der Waals surface area contributed by atoms with E-state index in [1.54, 1.807) is 43.3 Å². The van der Waals surface area contributed by atoms with E-state index in [-0.39, 0.29) is 6.61 Å². The molecule has 154 valence electrons. The van der Waals surface area contributed by atoms with E-state index in [0.29, 0.717) is 29.4 Å². The van der Waals surface area contributed by atoms with Crippen LogP contribution in [0.5, 0.6) is 11.5 Å². The smallest absolute Gasteiger partial charge is 0.344 e. The Bertz CT molecular complexity index is 862. The first-order valence-corrected chi connectivity index (χ1v) is 8.93. The number of methoxy groups -OCH3 is 1. The van der Waals surface area contributed by atoms with E-state index >= 15 is 0 Å². The van der Waals surface area contributed by atoms with Crippen LogP contribution in [0.15, 0.2) is 42.5 Å². The molecule has 2 aromatic carbocycles. The van der Waals surface area contributed by atoms with Crippen molar-refractivity contribution < 1.29 is 33.3 Å². The molecule has 0 bridgehead atoms. The number of benzene rings is 2. The van der Waals surface area contributed by atoms with Crippen LogP contribution in [0.25, 0.3) is 0 Å². The Kier molecular flexibility index (Phi) is 8.02. The van der Waals surface area contributed by atoms with Crippen LogP contribution in [0.4, 0.5) is 5.69 Å². The lowest BCUT2D eigenvalue weighted by Gasteiger charge is -2.11. The standard InChI is InChI=1S/C21H23NO7/c1-4-27-16-7-9-17(10-8-16)28-13-20(24)29-12-19(23)22-18-11-15(21(25)26-3)6-5-14(18)2/h5-11H,4,12-13H2,1-3H3,(H,22,23). The summed E-state index contributed by atoms with van der Waals surface area (Å²) in [4.78, 5) is 35.4. The third-order valence-electron chi connectivity index (χ3n) is 3.79. The van der Waals surface area contributed by atoms with Crippen molar-refractivity contribution in [1.29, 1.82) is 0 Å². The second-order valence-corrected chi connectivity index (χ2v) is 5.92. The SMILES string of the molecule is CCOc1ccc(OCC(=O)OCC(=O)Nc2cc(C(=O)OC)ccc2C)cc1. The summed E-state index contributed by atoms with van der Waals surface area (Å²) >= 11 is 0. The summed E-state index contributed by atoms with van der Waals surface area (Å²) in [5.41, 5.74) is 1.48. The van der Waals surface area contributed by atoms with Gasteiger partial charge in [0.05, 0.1) is 19.3 Å². The highest BCUT2D eigenvalue weighted by Gasteiger charge is 2.12. The number of carbonyl (C=O) groups is 3. The lowest BCUT2D eigenvalue weighted by molar-refractivity contribution is -0.149. The van der Waals surface area contributed by atoms with Crippen molar-refractivity contribution in [3.8, 4) is 11.5 Å². The number of aryl methyl sites for hydroxylation is 1. The highest BCUT2D eigenvalue weighted by molar-refractivity contribution is 5.96. The predicted octanol–water partition coefficient (Wildman–Crippen LogP) is 2.74. The predicted molar refractivity (Wildman–Crippen MR) is 105 cm³/mol. The third-order valence-corrected chi connectivity index (χ3v) is 3.79. The molecule has 0 radical (unpaired) electrons. The molecule has 0 fully saturated rings. The Balaban J connectivity index is 1.80. The number of rotatable bonds is 9. The minimum absolute atomic E-state index is 0.300. The first kappa shape index (κ1) is 21.7. The molecular formula is C21H23NO7. The number of anilines is 1. The Hall–Kier alpha value is -3.55. The molecule has 29 heavy (non-hydrogen) atoms. The van der Waals surface area contributed by atoms with Crippen molar-refractivity contribution in [3.05, 3.63) is 53.6 Å². The number of nitrogens with one attached hydrogen (secondary N) is 1. The molecule has 0 aliphatic heterocycles. The minimum atomic E-state index is -0.686. The Labute approximate surface area is 168 Å². The van der Waals surface area contributed by atoms with E-state index in [1.807, 2.05) is 6.92 Å². The van der Waals surface area contributed by atoms with E-state index in [1.165, 1.54) is 13.2 Å². The average molecular weight is 401 g/mol. The molecule has 0 spiro atoms. The molecule has 1 amide bonds. The van der Waals surface area contributed by atoms with Crippen molar-refractivity contribution in [3.63, 3.8) is 0 Å². The zero-order valence-corrected chi connectivity index (χ0v) is 16.5. The molecular weight excluding hydrogens is 378 g/mol. The minimum Gasteiger partial charge on any atom is -0.494 e. The van der Waals surface area contributed by atoms with Crippen LogP contribution in [0, 0.1) is 6.92 Å². The van der Waals surface area contributed by atoms with Gasteiger partial charge in [-0.2, -0.15) is 0 Å². The average Bonchev–Trinajstić information content (AvgIpc) is 2.73. The second-order valence-electron chi connectivity index (χ2n) is 5.92. The van der Waals surface area contributed by atoms with Crippen LogP contribution < -0.4 is 14.8 Å². The third kappa shape index (κ3) is 6.84. The summed E-state index contributed by atoms with van der Waals surface area (Å²) in [6.07, 6.45) is 0. The lowest BCUT2D eigenvalue weighted by Crippen LogP contribution is -2.24. The van der Waals surface area contributed by atoms with Gasteiger partial charge in [-0.1, -0.05) is 6.07 Å². The van der Waals surface area contributed by atoms with Crippen molar-refractivity contribution in [2.24, 2.45) is 0 Å². The topological polar surface area (TPSA) is 100 Å². The summed E-state index contributed by atoms with van der Waals surface area (Å²) in [7, 11) is 1.27. The quantitative estimate of drug-likeness (QED) is 0.645. The van der Waals surface area contributed by atoms with Gasteiger partial charge in [-0.3, -0.25) is 4.79 Å². The first-order valence-electron chi connectivity index (χ1n) is 8.93. The van der Waals surface area contributed by atoms with Gasteiger partial charge in [0.15, 0.2) is 13.2 Å². The van der Waals surface area contributed by atoms with Gasteiger partial charge in [0.25, 0.3) is 5.91 Å². The maximum absolute atomic E-state index is 12.0. The molecule has 1 N–H and O–H groups in total. The highest BCUT2D eigenvalue weighted by atomic mass is 16.6. The highest BCUT2D eigenvalue weighted by Crippen LogP contribution is 2.18. The molecule has 0 aromatic heterocycles. The second kappa shape index (κ2) is 10.7. The van der Waals surface area contributed by atoms with Gasteiger partial charge in [0.2, 0.25) is 0 Å². The maximum atomic E-state index is 12.0. The lowest BCUT2D eigenvalue weighted by atomic mass is 10.1. The van der Waals surface area contributed by atoms with Crippen LogP contribution in [-0.2, 0) is 19.1 Å². The van der Waals surface area contributed by atoms with Gasteiger partial charge in [-0.25, -0.2) is 9.59 Å². The summed E-state index contributed by atoms with van der Waals surface area (Å²) in [5, 5.41) is 2.60. The molecule has 2 aromatic rings. The van der Waals surface area contributed by atoms with E-state index in [2.05, 4.69) is 10.1 Å². The fraction of sp³-hybridized carbons (Fsp3) is 0.286. The van der Waals surface area contributed by atoms with E-state index in [4.69, 9.17) is 14.2 Å². The van der Waals surface area contributed by atoms with E-state index in [0.717, 1.165) is 5.56 Å². The molecule has 8 heteroatoms. The van der Waals surface area contributed by atoms with Gasteiger partial charge >= 0.3 is 11.9 Å². The van der Waals surface area contributed by atoms with Gasteiger partial charge in [0, 0.05) is 5.69 Å². The summed E-state index contributed by atoms with van der Waals surface area (Å²) in [6.45, 7) is 3.40. The summed E-state index contributed by atoms with van der Waals surface area (Å²) in [5.74, 6) is -0.562. The van der Waals surface area contributed by atoms with Crippen LogP contribution >= 0.6 is 0 Å². The number of carbonyl (C=O) groups excluding carboxylic acids is 3. The molecule has 0 aliphatic rings. The molecule has 0 heterocycles. The normalized spacial score (nSPS) is 10.0.